The Labute approximate surface area is 150 Å². The number of aryl methyl sites for hydroxylation is 2. The van der Waals surface area contributed by atoms with Gasteiger partial charge in [-0.1, -0.05) is 9.64 Å². The largest absolute Gasteiger partial charge is 0.355 e. The number of piperidine rings is 1. The van der Waals surface area contributed by atoms with Crippen molar-refractivity contribution < 1.29 is 4.52 Å². The van der Waals surface area contributed by atoms with Crippen LogP contribution in [0.3, 0.4) is 0 Å². The van der Waals surface area contributed by atoms with E-state index in [2.05, 4.69) is 37.9 Å². The lowest BCUT2D eigenvalue weighted by molar-refractivity contribution is 0.203. The van der Waals surface area contributed by atoms with Crippen LogP contribution in [0.5, 0.6) is 0 Å². The van der Waals surface area contributed by atoms with E-state index in [0.717, 1.165) is 61.0 Å². The van der Waals surface area contributed by atoms with Gasteiger partial charge in [0.25, 0.3) is 0 Å². The Morgan fingerprint density at radius 1 is 1.32 bits per heavy atom. The quantitative estimate of drug-likeness (QED) is 0.698. The Bertz CT molecular complexity index is 830. The molecule has 0 unspecified atom stereocenters. The Balaban J connectivity index is 1.40. The second-order valence-electron chi connectivity index (χ2n) is 6.57. The van der Waals surface area contributed by atoms with Crippen molar-refractivity contribution in [3.05, 3.63) is 35.4 Å². The minimum absolute atomic E-state index is 0.439. The normalized spacial score (nSPS) is 16.6. The lowest BCUT2D eigenvalue weighted by Gasteiger charge is -2.30. The molecule has 1 fully saturated rings. The third-order valence-electron chi connectivity index (χ3n) is 4.76. The summed E-state index contributed by atoms with van der Waals surface area (Å²) >= 11 is 1.40. The van der Waals surface area contributed by atoms with Gasteiger partial charge >= 0.3 is 0 Å². The molecule has 1 saturated heterocycles. The summed E-state index contributed by atoms with van der Waals surface area (Å²) in [5.74, 6) is 1.23. The molecule has 8 heteroatoms. The summed E-state index contributed by atoms with van der Waals surface area (Å²) in [5.41, 5.74) is 3.24. The molecule has 7 nitrogen and oxygen atoms in total. The van der Waals surface area contributed by atoms with Gasteiger partial charge in [0.2, 0.25) is 0 Å². The van der Waals surface area contributed by atoms with Crippen LogP contribution >= 0.6 is 11.5 Å². The smallest absolute Gasteiger partial charge is 0.180 e. The Morgan fingerprint density at radius 2 is 2.16 bits per heavy atom. The maximum atomic E-state index is 5.41. The molecule has 25 heavy (non-hydrogen) atoms. The Morgan fingerprint density at radius 3 is 2.84 bits per heavy atom. The molecule has 3 aromatic heterocycles. The highest BCUT2D eigenvalue weighted by Gasteiger charge is 2.27. The predicted octanol–water partition coefficient (Wildman–Crippen LogP) is 3.10. The second kappa shape index (κ2) is 7.05. The topological polar surface area (TPSA) is 72.9 Å². The fraction of sp³-hybridized carbons (Fsp3) is 0.529. The van der Waals surface area contributed by atoms with Gasteiger partial charge in [-0.25, -0.2) is 0 Å². The van der Waals surface area contributed by atoms with E-state index in [1.165, 1.54) is 17.1 Å². The van der Waals surface area contributed by atoms with E-state index in [-0.39, 0.29) is 0 Å². The van der Waals surface area contributed by atoms with Crippen LogP contribution in [0.1, 0.15) is 42.6 Å². The average molecular weight is 358 g/mol. The summed E-state index contributed by atoms with van der Waals surface area (Å²) in [6.45, 7) is 8.06. The standard InChI is InChI=1S/C17H22N6OS/c1-3-23-11-13(9-18-23)10-22-6-4-14(5-7-22)16-17(25-21-19-16)15-8-12(2)20-24-15/h8-9,11,14H,3-7,10H2,1-2H3. The molecular weight excluding hydrogens is 336 g/mol. The SMILES string of the molecule is CCn1cc(CN2CCC(c3nnsc3-c3cc(C)no3)CC2)cn1. The number of likely N-dealkylation sites (tertiary alicyclic amines) is 1. The van der Waals surface area contributed by atoms with Crippen molar-refractivity contribution in [3.63, 3.8) is 0 Å². The minimum Gasteiger partial charge on any atom is -0.355 e. The van der Waals surface area contributed by atoms with Crippen LogP contribution in [-0.2, 0) is 13.1 Å². The lowest BCUT2D eigenvalue weighted by Crippen LogP contribution is -2.32. The molecule has 0 aromatic carbocycles. The first kappa shape index (κ1) is 16.4. The van der Waals surface area contributed by atoms with Gasteiger partial charge in [0, 0.05) is 36.8 Å². The van der Waals surface area contributed by atoms with Crippen LogP contribution < -0.4 is 0 Å². The third-order valence-corrected chi connectivity index (χ3v) is 5.51. The number of hydrogen-bond acceptors (Lipinski definition) is 7. The molecule has 0 saturated carbocycles. The van der Waals surface area contributed by atoms with E-state index in [9.17, 15) is 0 Å². The fourth-order valence-electron chi connectivity index (χ4n) is 3.39. The Kier molecular flexibility index (Phi) is 4.63. The number of nitrogens with zero attached hydrogens (tertiary/aromatic N) is 6. The zero-order chi connectivity index (χ0) is 17.2. The van der Waals surface area contributed by atoms with E-state index < -0.39 is 0 Å². The van der Waals surface area contributed by atoms with E-state index in [1.807, 2.05) is 23.9 Å². The molecule has 0 aliphatic carbocycles. The molecule has 0 bridgehead atoms. The predicted molar refractivity (Wildman–Crippen MR) is 95.3 cm³/mol. The molecule has 132 valence electrons. The molecule has 0 atom stereocenters. The zero-order valence-electron chi connectivity index (χ0n) is 14.6. The molecule has 1 aliphatic heterocycles. The van der Waals surface area contributed by atoms with Gasteiger partial charge in [0.1, 0.15) is 4.88 Å². The Hall–Kier alpha value is -2.06. The van der Waals surface area contributed by atoms with Gasteiger partial charge in [-0.2, -0.15) is 5.10 Å². The van der Waals surface area contributed by atoms with Crippen molar-refractivity contribution >= 4 is 11.5 Å². The van der Waals surface area contributed by atoms with Crippen molar-refractivity contribution in [1.82, 2.24) is 29.4 Å². The summed E-state index contributed by atoms with van der Waals surface area (Å²) in [7, 11) is 0. The highest BCUT2D eigenvalue weighted by atomic mass is 32.1. The molecule has 0 N–H and O–H groups in total. The second-order valence-corrected chi connectivity index (χ2v) is 7.33. The molecule has 0 spiro atoms. The lowest BCUT2D eigenvalue weighted by atomic mass is 9.92. The molecular formula is C17H22N6OS. The van der Waals surface area contributed by atoms with Crippen LogP contribution in [0.2, 0.25) is 0 Å². The van der Waals surface area contributed by atoms with Gasteiger partial charge in [-0.15, -0.1) is 5.10 Å². The monoisotopic (exact) mass is 358 g/mol. The molecule has 4 heterocycles. The summed E-state index contributed by atoms with van der Waals surface area (Å²) in [6.07, 6.45) is 6.30. The molecule has 3 aromatic rings. The van der Waals surface area contributed by atoms with Crippen molar-refractivity contribution in [2.75, 3.05) is 13.1 Å². The minimum atomic E-state index is 0.439. The number of rotatable bonds is 5. The maximum absolute atomic E-state index is 5.41. The van der Waals surface area contributed by atoms with E-state index in [0.29, 0.717) is 5.92 Å². The maximum Gasteiger partial charge on any atom is 0.180 e. The van der Waals surface area contributed by atoms with Crippen molar-refractivity contribution in [1.29, 1.82) is 0 Å². The van der Waals surface area contributed by atoms with Gasteiger partial charge in [-0.05, 0) is 51.3 Å². The van der Waals surface area contributed by atoms with Crippen molar-refractivity contribution in [2.45, 2.75) is 45.7 Å². The molecule has 0 radical (unpaired) electrons. The van der Waals surface area contributed by atoms with Crippen LogP contribution in [0.15, 0.2) is 23.0 Å². The van der Waals surface area contributed by atoms with Crippen molar-refractivity contribution in [2.24, 2.45) is 0 Å². The third kappa shape index (κ3) is 3.50. The van der Waals surface area contributed by atoms with Gasteiger partial charge in [0.15, 0.2) is 5.76 Å². The fourth-order valence-corrected chi connectivity index (χ4v) is 4.09. The van der Waals surface area contributed by atoms with Crippen LogP contribution in [0.4, 0.5) is 0 Å². The number of aromatic nitrogens is 5. The van der Waals surface area contributed by atoms with E-state index in [1.54, 1.807) is 0 Å². The van der Waals surface area contributed by atoms with E-state index in [4.69, 9.17) is 4.52 Å². The molecule has 4 rings (SSSR count). The van der Waals surface area contributed by atoms with Crippen LogP contribution in [0.25, 0.3) is 10.6 Å². The number of hydrogen-bond donors (Lipinski definition) is 0. The van der Waals surface area contributed by atoms with Gasteiger partial charge in [-0.3, -0.25) is 9.58 Å². The first-order chi connectivity index (χ1) is 12.2. The summed E-state index contributed by atoms with van der Waals surface area (Å²) in [6, 6.07) is 1.96. The molecule has 1 aliphatic rings. The van der Waals surface area contributed by atoms with Crippen LogP contribution in [-0.4, -0.2) is 42.5 Å². The van der Waals surface area contributed by atoms with Crippen LogP contribution in [0, 0.1) is 6.92 Å². The summed E-state index contributed by atoms with van der Waals surface area (Å²) in [5, 5.41) is 12.7. The summed E-state index contributed by atoms with van der Waals surface area (Å²) in [4.78, 5) is 3.52. The highest BCUT2D eigenvalue weighted by Crippen LogP contribution is 2.36. The van der Waals surface area contributed by atoms with Crippen molar-refractivity contribution in [3.8, 4) is 10.6 Å². The average Bonchev–Trinajstić information content (AvgIpc) is 3.35. The highest BCUT2D eigenvalue weighted by molar-refractivity contribution is 7.09. The summed E-state index contributed by atoms with van der Waals surface area (Å²) < 4.78 is 11.6. The zero-order valence-corrected chi connectivity index (χ0v) is 15.4. The van der Waals surface area contributed by atoms with Gasteiger partial charge < -0.3 is 4.52 Å². The first-order valence-corrected chi connectivity index (χ1v) is 9.50. The first-order valence-electron chi connectivity index (χ1n) is 8.72. The van der Waals surface area contributed by atoms with Gasteiger partial charge in [0.05, 0.1) is 17.6 Å². The van der Waals surface area contributed by atoms with E-state index >= 15 is 0 Å². The molecule has 0 amide bonds.